The Bertz CT molecular complexity index is 1140. The van der Waals surface area contributed by atoms with Gasteiger partial charge in [-0.1, -0.05) is 6.07 Å². The molecule has 0 aliphatic heterocycles. The molecule has 13 heteroatoms. The van der Waals surface area contributed by atoms with Crippen molar-refractivity contribution in [2.24, 2.45) is 0 Å². The van der Waals surface area contributed by atoms with Gasteiger partial charge in [0.25, 0.3) is 0 Å². The number of nitrogens with zero attached hydrogens (tertiary/aromatic N) is 3. The Morgan fingerprint density at radius 3 is 2.37 bits per heavy atom. The van der Waals surface area contributed by atoms with Gasteiger partial charge in [0.1, 0.15) is 11.6 Å². The molecule has 0 spiro atoms. The molecule has 35 heavy (non-hydrogen) atoms. The van der Waals surface area contributed by atoms with Crippen molar-refractivity contribution in [3.05, 3.63) is 41.6 Å². The average molecular weight is 536 g/mol. The van der Waals surface area contributed by atoms with Crippen LogP contribution in [0.2, 0.25) is 0 Å². The molecule has 8 nitrogen and oxygen atoms in total. The van der Waals surface area contributed by atoms with E-state index in [1.807, 2.05) is 25.9 Å². The van der Waals surface area contributed by atoms with E-state index < -0.39 is 38.1 Å². The monoisotopic (exact) mass is 535 g/mol. The van der Waals surface area contributed by atoms with Crippen LogP contribution in [0.5, 0.6) is 0 Å². The molecule has 1 saturated carbocycles. The Morgan fingerprint density at radius 2 is 1.77 bits per heavy atom. The van der Waals surface area contributed by atoms with Gasteiger partial charge in [-0.05, 0) is 50.8 Å². The van der Waals surface area contributed by atoms with Crippen molar-refractivity contribution < 1.29 is 26.4 Å². The summed E-state index contributed by atoms with van der Waals surface area (Å²) < 4.78 is 63.6. The topological polar surface area (TPSA) is 104 Å². The number of aryl methyl sites for hydroxylation is 1. The maximum Gasteiger partial charge on any atom is 0.416 e. The summed E-state index contributed by atoms with van der Waals surface area (Å²) in [5.41, 5.74) is -0.114. The predicted octanol–water partition coefficient (Wildman–Crippen LogP) is 3.60. The molecule has 1 aliphatic rings. The normalized spacial score (nSPS) is 18.3. The second kappa shape index (κ2) is 11.4. The number of alkyl halides is 3. The number of carbonyl (C=O) groups is 1. The van der Waals surface area contributed by atoms with E-state index in [0.717, 1.165) is 42.4 Å². The van der Waals surface area contributed by atoms with E-state index in [4.69, 9.17) is 0 Å². The highest BCUT2D eigenvalue weighted by Crippen LogP contribution is 2.30. The number of hydrogen-bond donors (Lipinski definition) is 2. The molecule has 2 N–H and O–H groups in total. The first-order valence-corrected chi connectivity index (χ1v) is 12.5. The van der Waals surface area contributed by atoms with Gasteiger partial charge in [-0.3, -0.25) is 4.79 Å². The first kappa shape index (κ1) is 28.6. The van der Waals surface area contributed by atoms with Crippen LogP contribution in [0.4, 0.5) is 24.9 Å². The summed E-state index contributed by atoms with van der Waals surface area (Å²) in [4.78, 5) is 22.6. The molecular weight excluding hydrogens is 507 g/mol. The molecule has 2 aromatic rings. The molecule has 1 aromatic carbocycles. The highest BCUT2D eigenvalue weighted by Gasteiger charge is 2.32. The molecule has 194 valence electrons. The lowest BCUT2D eigenvalue weighted by atomic mass is 9.91. The van der Waals surface area contributed by atoms with Crippen LogP contribution in [0.3, 0.4) is 0 Å². The Labute approximate surface area is 209 Å². The van der Waals surface area contributed by atoms with Gasteiger partial charge in [0.15, 0.2) is 9.84 Å². The number of hydrogen-bond acceptors (Lipinski definition) is 7. The maximum atomic E-state index is 12.9. The van der Waals surface area contributed by atoms with Crippen LogP contribution < -0.4 is 15.5 Å². The van der Waals surface area contributed by atoms with E-state index >= 15 is 0 Å². The Balaban J connectivity index is 0.00000432. The number of nitrogens with one attached hydrogen (secondary N) is 2. The molecule has 1 amide bonds. The molecular formula is C22H29ClF3N5O3S. The maximum absolute atomic E-state index is 12.9. The summed E-state index contributed by atoms with van der Waals surface area (Å²) in [6.07, 6.45) is -0.224. The van der Waals surface area contributed by atoms with E-state index in [1.165, 1.54) is 0 Å². The molecule has 0 unspecified atom stereocenters. The number of carbonyl (C=O) groups excluding carboxylic acids is 1. The highest BCUT2D eigenvalue weighted by molar-refractivity contribution is 7.92. The first-order chi connectivity index (χ1) is 15.8. The zero-order valence-corrected chi connectivity index (χ0v) is 21.2. The number of rotatable bonds is 7. The van der Waals surface area contributed by atoms with Crippen LogP contribution in [0, 0.1) is 6.92 Å². The van der Waals surface area contributed by atoms with Crippen molar-refractivity contribution in [3.63, 3.8) is 0 Å². The molecule has 1 aliphatic carbocycles. The number of halogens is 4. The van der Waals surface area contributed by atoms with Gasteiger partial charge >= 0.3 is 6.18 Å². The zero-order valence-electron chi connectivity index (χ0n) is 19.6. The molecule has 0 saturated heterocycles. The quantitative estimate of drug-likeness (QED) is 0.558. The van der Waals surface area contributed by atoms with Crippen LogP contribution in [0.15, 0.2) is 35.4 Å². The predicted molar refractivity (Wildman–Crippen MR) is 130 cm³/mol. The molecule has 1 aromatic heterocycles. The van der Waals surface area contributed by atoms with Crippen LogP contribution in [0.25, 0.3) is 0 Å². The minimum absolute atomic E-state index is 0. The summed E-state index contributed by atoms with van der Waals surface area (Å²) in [5, 5.41) is 6.00. The number of anilines is 2. The number of amides is 1. The summed E-state index contributed by atoms with van der Waals surface area (Å²) in [5.74, 6) is -0.294. The standard InChI is InChI=1S/C22H28F3N5O3S.ClH/c1-14-12-26-21(29-20(14)30(2)3)28-17-9-7-16(8-10-17)27-19(31)13-34(32,33)18-6-4-5-15(11-18)22(23,24)25;/h4-6,11-12,16-17H,7-10,13H2,1-3H3,(H,27,31)(H,26,28,29);1H. The highest BCUT2D eigenvalue weighted by atomic mass is 35.5. The van der Waals surface area contributed by atoms with Crippen molar-refractivity contribution in [2.45, 2.75) is 55.8 Å². The van der Waals surface area contributed by atoms with E-state index in [1.54, 1.807) is 6.20 Å². The average Bonchev–Trinajstić information content (AvgIpc) is 2.75. The van der Waals surface area contributed by atoms with Crippen LogP contribution in [-0.4, -0.2) is 56.2 Å². The number of benzene rings is 1. The fourth-order valence-electron chi connectivity index (χ4n) is 3.91. The lowest BCUT2D eigenvalue weighted by Crippen LogP contribution is -2.42. The second-order valence-electron chi connectivity index (χ2n) is 8.64. The third-order valence-corrected chi connectivity index (χ3v) is 7.25. The van der Waals surface area contributed by atoms with Crippen molar-refractivity contribution in [3.8, 4) is 0 Å². The summed E-state index contributed by atoms with van der Waals surface area (Å²) in [6, 6.07) is 3.31. The second-order valence-corrected chi connectivity index (χ2v) is 10.6. The van der Waals surface area contributed by atoms with Crippen molar-refractivity contribution in [2.75, 3.05) is 30.1 Å². The molecule has 1 fully saturated rings. The third kappa shape index (κ3) is 7.69. The minimum atomic E-state index is -4.67. The fourth-order valence-corrected chi connectivity index (χ4v) is 5.10. The number of aromatic nitrogens is 2. The van der Waals surface area contributed by atoms with E-state index in [-0.39, 0.29) is 24.5 Å². The fraction of sp³-hybridized carbons (Fsp3) is 0.500. The van der Waals surface area contributed by atoms with Gasteiger partial charge in [0, 0.05) is 37.9 Å². The zero-order chi connectivity index (χ0) is 25.1. The Morgan fingerprint density at radius 1 is 1.14 bits per heavy atom. The summed E-state index contributed by atoms with van der Waals surface area (Å²) in [7, 11) is -0.398. The van der Waals surface area contributed by atoms with Crippen molar-refractivity contribution in [1.29, 1.82) is 0 Å². The van der Waals surface area contributed by atoms with Gasteiger partial charge in [-0.15, -0.1) is 12.4 Å². The van der Waals surface area contributed by atoms with Gasteiger partial charge in [0.2, 0.25) is 11.9 Å². The molecule has 1 heterocycles. The van der Waals surface area contributed by atoms with Crippen LogP contribution in [0.1, 0.15) is 36.8 Å². The van der Waals surface area contributed by atoms with Crippen LogP contribution in [-0.2, 0) is 20.8 Å². The van der Waals surface area contributed by atoms with Crippen molar-refractivity contribution >= 4 is 39.9 Å². The smallest absolute Gasteiger partial charge is 0.362 e. The summed E-state index contributed by atoms with van der Waals surface area (Å²) >= 11 is 0. The van der Waals surface area contributed by atoms with Gasteiger partial charge < -0.3 is 15.5 Å². The largest absolute Gasteiger partial charge is 0.416 e. The SMILES string of the molecule is Cc1cnc(NC2CCC(NC(=O)CS(=O)(=O)c3cccc(C(F)(F)F)c3)CC2)nc1N(C)C.Cl. The molecule has 0 bridgehead atoms. The van der Waals surface area contributed by atoms with Gasteiger partial charge in [-0.25, -0.2) is 13.4 Å². The molecule has 0 atom stereocenters. The Hall–Kier alpha value is -2.60. The van der Waals surface area contributed by atoms with Gasteiger partial charge in [0.05, 0.1) is 10.5 Å². The minimum Gasteiger partial charge on any atom is -0.362 e. The van der Waals surface area contributed by atoms with E-state index in [9.17, 15) is 26.4 Å². The lowest BCUT2D eigenvalue weighted by molar-refractivity contribution is -0.137. The Kier molecular flexibility index (Phi) is 9.35. The third-order valence-electron chi connectivity index (χ3n) is 5.64. The first-order valence-electron chi connectivity index (χ1n) is 10.8. The summed E-state index contributed by atoms with van der Waals surface area (Å²) in [6.45, 7) is 1.93. The van der Waals surface area contributed by atoms with Gasteiger partial charge in [-0.2, -0.15) is 18.2 Å². The van der Waals surface area contributed by atoms with E-state index in [2.05, 4.69) is 20.6 Å². The number of sulfone groups is 1. The molecule has 3 rings (SSSR count). The van der Waals surface area contributed by atoms with E-state index in [0.29, 0.717) is 24.9 Å². The van der Waals surface area contributed by atoms with Crippen LogP contribution >= 0.6 is 12.4 Å². The lowest BCUT2D eigenvalue weighted by Gasteiger charge is -2.30. The molecule has 0 radical (unpaired) electrons. The van der Waals surface area contributed by atoms with Crippen molar-refractivity contribution in [1.82, 2.24) is 15.3 Å².